The van der Waals surface area contributed by atoms with Gasteiger partial charge in [-0.2, -0.15) is 5.26 Å². The van der Waals surface area contributed by atoms with Gasteiger partial charge in [-0.25, -0.2) is 4.39 Å². The van der Waals surface area contributed by atoms with Crippen LogP contribution < -0.4 is 4.74 Å². The van der Waals surface area contributed by atoms with E-state index in [9.17, 15) is 4.39 Å². The Bertz CT molecular complexity index is 373. The van der Waals surface area contributed by atoms with Crippen LogP contribution in [-0.2, 0) is 6.42 Å². The molecule has 0 aromatic heterocycles. The van der Waals surface area contributed by atoms with Crippen molar-refractivity contribution in [3.05, 3.63) is 29.6 Å². The van der Waals surface area contributed by atoms with Gasteiger partial charge in [0.2, 0.25) is 0 Å². The van der Waals surface area contributed by atoms with E-state index in [1.165, 1.54) is 19.2 Å². The zero-order valence-corrected chi connectivity index (χ0v) is 8.40. The Kier molecular flexibility index (Phi) is 4.07. The number of hydrogen-bond acceptors (Lipinski definition) is 3. The fraction of sp³-hybridized carbons (Fsp3) is 0.364. The van der Waals surface area contributed by atoms with Crippen LogP contribution in [0.1, 0.15) is 5.56 Å². The first-order chi connectivity index (χ1) is 7.21. The van der Waals surface area contributed by atoms with Crippen molar-refractivity contribution in [1.82, 2.24) is 0 Å². The zero-order valence-electron chi connectivity index (χ0n) is 8.40. The third kappa shape index (κ3) is 2.93. The quantitative estimate of drug-likeness (QED) is 0.817. The van der Waals surface area contributed by atoms with E-state index < -0.39 is 11.7 Å². The van der Waals surface area contributed by atoms with Crippen molar-refractivity contribution in [2.75, 3.05) is 13.7 Å². The van der Waals surface area contributed by atoms with Crippen LogP contribution in [0.25, 0.3) is 0 Å². The summed E-state index contributed by atoms with van der Waals surface area (Å²) in [5.74, 6) is -0.765. The first-order valence-electron chi connectivity index (χ1n) is 4.54. The standard InChI is InChI=1S/C11H12FNO2/c1-15-11-3-2-8(5-10(11)12)4-9(6-13)7-14/h2-3,5,9,14H,4,7H2,1H3. The van der Waals surface area contributed by atoms with Crippen LogP contribution in [0.5, 0.6) is 5.75 Å². The van der Waals surface area contributed by atoms with Gasteiger partial charge in [-0.05, 0) is 24.1 Å². The van der Waals surface area contributed by atoms with E-state index in [2.05, 4.69) is 0 Å². The van der Waals surface area contributed by atoms with Crippen molar-refractivity contribution in [2.45, 2.75) is 6.42 Å². The number of halogens is 1. The lowest BCUT2D eigenvalue weighted by Crippen LogP contribution is -2.07. The van der Waals surface area contributed by atoms with Gasteiger partial charge < -0.3 is 9.84 Å². The first kappa shape index (κ1) is 11.5. The van der Waals surface area contributed by atoms with Crippen LogP contribution >= 0.6 is 0 Å². The molecule has 80 valence electrons. The molecule has 0 heterocycles. The molecule has 0 radical (unpaired) electrons. The number of benzene rings is 1. The molecule has 0 bridgehead atoms. The summed E-state index contributed by atoms with van der Waals surface area (Å²) in [5.41, 5.74) is 0.675. The molecule has 0 aliphatic heterocycles. The topological polar surface area (TPSA) is 53.2 Å². The van der Waals surface area contributed by atoms with Gasteiger partial charge in [-0.1, -0.05) is 6.07 Å². The highest BCUT2D eigenvalue weighted by atomic mass is 19.1. The Balaban J connectivity index is 2.80. The molecule has 0 aliphatic rings. The predicted octanol–water partition coefficient (Wildman–Crippen LogP) is 1.51. The van der Waals surface area contributed by atoms with Crippen molar-refractivity contribution in [1.29, 1.82) is 5.26 Å². The number of rotatable bonds is 4. The molecule has 15 heavy (non-hydrogen) atoms. The maximum atomic E-state index is 13.2. The predicted molar refractivity (Wildman–Crippen MR) is 52.8 cm³/mol. The van der Waals surface area contributed by atoms with Crippen molar-refractivity contribution < 1.29 is 14.2 Å². The van der Waals surface area contributed by atoms with Gasteiger partial charge in [0.1, 0.15) is 0 Å². The summed E-state index contributed by atoms with van der Waals surface area (Å²) in [6.45, 7) is -0.218. The van der Waals surface area contributed by atoms with Crippen molar-refractivity contribution in [2.24, 2.45) is 5.92 Å². The zero-order chi connectivity index (χ0) is 11.3. The first-order valence-corrected chi connectivity index (χ1v) is 4.54. The molecule has 0 fully saturated rings. The lowest BCUT2D eigenvalue weighted by Gasteiger charge is -2.07. The molecule has 0 saturated carbocycles. The van der Waals surface area contributed by atoms with Crippen LogP contribution in [0.4, 0.5) is 4.39 Å². The number of nitrogens with zero attached hydrogens (tertiary/aromatic N) is 1. The highest BCUT2D eigenvalue weighted by Gasteiger charge is 2.09. The minimum absolute atomic E-state index is 0.177. The molecule has 1 aromatic carbocycles. The van der Waals surface area contributed by atoms with Crippen molar-refractivity contribution in [3.63, 3.8) is 0 Å². The Morgan fingerprint density at radius 3 is 2.80 bits per heavy atom. The molecule has 1 N–H and O–H groups in total. The number of aliphatic hydroxyl groups excluding tert-OH is 1. The van der Waals surface area contributed by atoms with Gasteiger partial charge in [-0.15, -0.1) is 0 Å². The second kappa shape index (κ2) is 5.32. The van der Waals surface area contributed by atoms with Crippen LogP contribution in [-0.4, -0.2) is 18.8 Å². The Labute approximate surface area is 87.7 Å². The van der Waals surface area contributed by atoms with Gasteiger partial charge >= 0.3 is 0 Å². The molecule has 0 aliphatic carbocycles. The lowest BCUT2D eigenvalue weighted by molar-refractivity contribution is 0.255. The Hall–Kier alpha value is -1.60. The molecule has 4 heteroatoms. The third-order valence-corrected chi connectivity index (χ3v) is 2.10. The molecule has 0 amide bonds. The number of aliphatic hydroxyl groups is 1. The third-order valence-electron chi connectivity index (χ3n) is 2.10. The number of ether oxygens (including phenoxy) is 1. The number of nitriles is 1. The molecular weight excluding hydrogens is 197 g/mol. The summed E-state index contributed by atoms with van der Waals surface area (Å²) in [4.78, 5) is 0. The Morgan fingerprint density at radius 1 is 1.60 bits per heavy atom. The average Bonchev–Trinajstić information content (AvgIpc) is 2.26. The normalized spacial score (nSPS) is 11.9. The molecule has 3 nitrogen and oxygen atoms in total. The van der Waals surface area contributed by atoms with E-state index in [1.54, 1.807) is 6.07 Å². The second-order valence-electron chi connectivity index (χ2n) is 3.18. The number of hydrogen-bond donors (Lipinski definition) is 1. The minimum Gasteiger partial charge on any atom is -0.494 e. The monoisotopic (exact) mass is 209 g/mol. The fourth-order valence-corrected chi connectivity index (χ4v) is 1.27. The molecular formula is C11H12FNO2. The largest absolute Gasteiger partial charge is 0.494 e. The van der Waals surface area contributed by atoms with E-state index in [0.29, 0.717) is 12.0 Å². The number of methoxy groups -OCH3 is 1. The summed E-state index contributed by atoms with van der Waals surface area (Å²) in [6, 6.07) is 6.46. The van der Waals surface area contributed by atoms with Crippen LogP contribution in [0.2, 0.25) is 0 Å². The summed E-state index contributed by atoms with van der Waals surface area (Å²) >= 11 is 0. The van der Waals surface area contributed by atoms with Crippen LogP contribution in [0, 0.1) is 23.1 Å². The lowest BCUT2D eigenvalue weighted by atomic mass is 10.0. The van der Waals surface area contributed by atoms with E-state index in [-0.39, 0.29) is 12.4 Å². The second-order valence-corrected chi connectivity index (χ2v) is 3.18. The fourth-order valence-electron chi connectivity index (χ4n) is 1.27. The van der Waals surface area contributed by atoms with E-state index >= 15 is 0 Å². The van der Waals surface area contributed by atoms with Crippen LogP contribution in [0.15, 0.2) is 18.2 Å². The van der Waals surface area contributed by atoms with E-state index in [1.807, 2.05) is 6.07 Å². The SMILES string of the molecule is COc1ccc(CC(C#N)CO)cc1F. The smallest absolute Gasteiger partial charge is 0.165 e. The maximum Gasteiger partial charge on any atom is 0.165 e. The Morgan fingerprint density at radius 2 is 2.33 bits per heavy atom. The van der Waals surface area contributed by atoms with Gasteiger partial charge in [0.25, 0.3) is 0 Å². The summed E-state index contributed by atoms with van der Waals surface area (Å²) in [6.07, 6.45) is 0.341. The molecule has 0 saturated heterocycles. The summed E-state index contributed by atoms with van der Waals surface area (Å²) in [7, 11) is 1.39. The van der Waals surface area contributed by atoms with E-state index in [4.69, 9.17) is 15.1 Å². The molecule has 0 spiro atoms. The molecule has 1 atom stereocenters. The molecule has 1 rings (SSSR count). The van der Waals surface area contributed by atoms with Crippen LogP contribution in [0.3, 0.4) is 0 Å². The van der Waals surface area contributed by atoms with Crippen molar-refractivity contribution in [3.8, 4) is 11.8 Å². The van der Waals surface area contributed by atoms with Gasteiger partial charge in [0.15, 0.2) is 11.6 Å². The maximum absolute atomic E-state index is 13.2. The average molecular weight is 209 g/mol. The highest BCUT2D eigenvalue weighted by Crippen LogP contribution is 2.19. The summed E-state index contributed by atoms with van der Waals surface area (Å²) < 4.78 is 18.0. The highest BCUT2D eigenvalue weighted by molar-refractivity contribution is 5.29. The molecule has 1 aromatic rings. The summed E-state index contributed by atoms with van der Waals surface area (Å²) in [5, 5.41) is 17.4. The minimum atomic E-state index is -0.488. The van der Waals surface area contributed by atoms with Gasteiger partial charge in [0, 0.05) is 0 Å². The molecule has 1 unspecified atom stereocenters. The van der Waals surface area contributed by atoms with Gasteiger partial charge in [-0.3, -0.25) is 0 Å². The van der Waals surface area contributed by atoms with Gasteiger partial charge in [0.05, 0.1) is 25.7 Å². The van der Waals surface area contributed by atoms with E-state index in [0.717, 1.165) is 0 Å². The van der Waals surface area contributed by atoms with Crippen molar-refractivity contribution >= 4 is 0 Å².